The van der Waals surface area contributed by atoms with Crippen molar-refractivity contribution in [1.29, 1.82) is 0 Å². The Kier molecular flexibility index (Phi) is 4.86. The van der Waals surface area contributed by atoms with Gasteiger partial charge in [-0.3, -0.25) is 4.90 Å². The molecule has 90 valence electrons. The highest BCUT2D eigenvalue weighted by Gasteiger charge is 2.28. The summed E-state index contributed by atoms with van der Waals surface area (Å²) in [5, 5.41) is 2.83. The molecule has 0 aromatic carbocycles. The average Bonchev–Trinajstić information content (AvgIpc) is 2.92. The zero-order valence-corrected chi connectivity index (χ0v) is 9.11. The second-order valence-electron chi connectivity index (χ2n) is 3.97. The molecule has 1 aliphatic rings. The summed E-state index contributed by atoms with van der Waals surface area (Å²) in [7, 11) is 0. The lowest BCUT2D eigenvalue weighted by atomic mass is 10.4. The summed E-state index contributed by atoms with van der Waals surface area (Å²) in [6.07, 6.45) is -2.27. The van der Waals surface area contributed by atoms with Crippen molar-refractivity contribution in [3.63, 3.8) is 0 Å². The largest absolute Gasteiger partial charge is 0.390 e. The molecule has 5 heteroatoms. The zero-order valence-electron chi connectivity index (χ0n) is 9.11. The number of hydrogen-bond donors (Lipinski definition) is 1. The van der Waals surface area contributed by atoms with Crippen LogP contribution in [-0.4, -0.2) is 43.3 Å². The molecule has 2 nitrogen and oxygen atoms in total. The number of likely N-dealkylation sites (N-methyl/N-ethyl adjacent to an activating group) is 1. The van der Waals surface area contributed by atoms with Crippen molar-refractivity contribution in [2.75, 3.05) is 26.2 Å². The van der Waals surface area contributed by atoms with Crippen molar-refractivity contribution >= 4 is 0 Å². The minimum atomic E-state index is -4.03. The first-order valence-corrected chi connectivity index (χ1v) is 5.54. The minimum absolute atomic E-state index is 0.0335. The molecule has 0 atom stereocenters. The van der Waals surface area contributed by atoms with Crippen LogP contribution >= 0.6 is 0 Å². The van der Waals surface area contributed by atoms with Crippen LogP contribution < -0.4 is 5.32 Å². The highest BCUT2D eigenvalue weighted by atomic mass is 19.4. The van der Waals surface area contributed by atoms with Gasteiger partial charge in [-0.15, -0.1) is 0 Å². The first-order chi connectivity index (χ1) is 7.03. The average molecular weight is 224 g/mol. The van der Waals surface area contributed by atoms with Gasteiger partial charge in [0, 0.05) is 25.7 Å². The van der Waals surface area contributed by atoms with Crippen LogP contribution in [0, 0.1) is 0 Å². The van der Waals surface area contributed by atoms with Crippen molar-refractivity contribution in [3.05, 3.63) is 0 Å². The Hall–Kier alpha value is -0.290. The molecule has 0 aromatic rings. The van der Waals surface area contributed by atoms with Gasteiger partial charge in [-0.2, -0.15) is 13.2 Å². The van der Waals surface area contributed by atoms with Gasteiger partial charge in [-0.05, 0) is 19.4 Å². The van der Waals surface area contributed by atoms with Crippen LogP contribution in [0.3, 0.4) is 0 Å². The summed E-state index contributed by atoms with van der Waals surface area (Å²) in [5.74, 6) is 0. The second kappa shape index (κ2) is 5.70. The summed E-state index contributed by atoms with van der Waals surface area (Å²) in [6, 6.07) is 0.694. The van der Waals surface area contributed by atoms with Crippen LogP contribution in [-0.2, 0) is 0 Å². The third-order valence-corrected chi connectivity index (χ3v) is 2.63. The molecule has 0 aliphatic heterocycles. The van der Waals surface area contributed by atoms with Crippen LogP contribution in [0.2, 0.25) is 0 Å². The van der Waals surface area contributed by atoms with Crippen LogP contribution in [0.5, 0.6) is 0 Å². The maximum atomic E-state index is 11.8. The van der Waals surface area contributed by atoms with Gasteiger partial charge in [0.2, 0.25) is 0 Å². The normalized spacial score (nSPS) is 17.4. The van der Waals surface area contributed by atoms with E-state index in [0.717, 1.165) is 13.1 Å². The fourth-order valence-corrected chi connectivity index (χ4v) is 1.62. The first kappa shape index (κ1) is 12.8. The van der Waals surface area contributed by atoms with Gasteiger partial charge >= 0.3 is 6.18 Å². The summed E-state index contributed by atoms with van der Waals surface area (Å²) in [5.41, 5.74) is 0. The van der Waals surface area contributed by atoms with Crippen LogP contribution in [0.4, 0.5) is 13.2 Å². The molecule has 0 amide bonds. The molecule has 0 spiro atoms. The summed E-state index contributed by atoms with van der Waals surface area (Å²) in [4.78, 5) is 2.32. The lowest BCUT2D eigenvalue weighted by Gasteiger charge is -2.19. The molecule has 1 fully saturated rings. The third kappa shape index (κ3) is 5.99. The predicted molar refractivity (Wildman–Crippen MR) is 53.8 cm³/mol. The second-order valence-corrected chi connectivity index (χ2v) is 3.97. The Bertz CT molecular complexity index is 178. The lowest BCUT2D eigenvalue weighted by Crippen LogP contribution is -2.34. The minimum Gasteiger partial charge on any atom is -0.315 e. The Morgan fingerprint density at radius 1 is 1.27 bits per heavy atom. The number of hydrogen-bond acceptors (Lipinski definition) is 2. The molecule has 1 saturated carbocycles. The van der Waals surface area contributed by atoms with E-state index in [1.807, 2.05) is 0 Å². The van der Waals surface area contributed by atoms with E-state index in [2.05, 4.69) is 17.1 Å². The first-order valence-electron chi connectivity index (χ1n) is 5.54. The molecule has 0 heterocycles. The monoisotopic (exact) mass is 224 g/mol. The van der Waals surface area contributed by atoms with E-state index in [9.17, 15) is 13.2 Å². The van der Waals surface area contributed by atoms with E-state index in [1.165, 1.54) is 12.8 Å². The molecular weight excluding hydrogens is 205 g/mol. The Morgan fingerprint density at radius 3 is 2.40 bits per heavy atom. The zero-order chi connectivity index (χ0) is 11.3. The molecule has 0 saturated heterocycles. The van der Waals surface area contributed by atoms with Gasteiger partial charge in [0.1, 0.15) is 0 Å². The lowest BCUT2D eigenvalue weighted by molar-refractivity contribution is -0.133. The number of halogens is 3. The molecule has 0 unspecified atom stereocenters. The summed E-state index contributed by atoms with van der Waals surface area (Å²) < 4.78 is 35.4. The van der Waals surface area contributed by atoms with Crippen LogP contribution in [0.1, 0.15) is 26.2 Å². The number of alkyl halides is 3. The fraction of sp³-hybridized carbons (Fsp3) is 1.00. The maximum Gasteiger partial charge on any atom is 0.390 e. The van der Waals surface area contributed by atoms with Crippen molar-refractivity contribution in [3.8, 4) is 0 Å². The molecule has 1 rings (SSSR count). The summed E-state index contributed by atoms with van der Waals surface area (Å²) >= 11 is 0. The van der Waals surface area contributed by atoms with E-state index in [4.69, 9.17) is 0 Å². The number of rotatable bonds is 7. The maximum absolute atomic E-state index is 11.8. The van der Waals surface area contributed by atoms with Crippen molar-refractivity contribution in [2.24, 2.45) is 0 Å². The SMILES string of the molecule is CCN(CCNCCC(F)(F)F)C1CC1. The van der Waals surface area contributed by atoms with Gasteiger partial charge in [0.25, 0.3) is 0 Å². The Balaban J connectivity index is 1.96. The molecule has 0 radical (unpaired) electrons. The van der Waals surface area contributed by atoms with E-state index >= 15 is 0 Å². The van der Waals surface area contributed by atoms with Gasteiger partial charge in [0.05, 0.1) is 6.42 Å². The highest BCUT2D eigenvalue weighted by molar-refractivity contribution is 4.83. The molecular formula is C10H19F3N2. The van der Waals surface area contributed by atoms with Gasteiger partial charge in [0.15, 0.2) is 0 Å². The van der Waals surface area contributed by atoms with Crippen molar-refractivity contribution in [2.45, 2.75) is 38.4 Å². The molecule has 1 aliphatic carbocycles. The topological polar surface area (TPSA) is 15.3 Å². The van der Waals surface area contributed by atoms with E-state index in [1.54, 1.807) is 0 Å². The molecule has 15 heavy (non-hydrogen) atoms. The summed E-state index contributed by atoms with van der Waals surface area (Å²) in [6.45, 7) is 4.63. The van der Waals surface area contributed by atoms with Crippen molar-refractivity contribution < 1.29 is 13.2 Å². The number of nitrogens with zero attached hydrogens (tertiary/aromatic N) is 1. The third-order valence-electron chi connectivity index (χ3n) is 2.63. The van der Waals surface area contributed by atoms with Gasteiger partial charge in [-0.1, -0.05) is 6.92 Å². The van der Waals surface area contributed by atoms with E-state index in [-0.39, 0.29) is 6.54 Å². The highest BCUT2D eigenvalue weighted by Crippen LogP contribution is 2.25. The molecule has 0 bridgehead atoms. The molecule has 0 aromatic heterocycles. The van der Waals surface area contributed by atoms with Crippen LogP contribution in [0.25, 0.3) is 0 Å². The van der Waals surface area contributed by atoms with Crippen molar-refractivity contribution in [1.82, 2.24) is 10.2 Å². The quantitative estimate of drug-likeness (QED) is 0.665. The predicted octanol–water partition coefficient (Wildman–Crippen LogP) is 2.01. The van der Waals surface area contributed by atoms with Crippen LogP contribution in [0.15, 0.2) is 0 Å². The standard InChI is InChI=1S/C10H19F3N2/c1-2-15(9-3-4-9)8-7-14-6-5-10(11,12)13/h9,14H,2-8H2,1H3. The van der Waals surface area contributed by atoms with Gasteiger partial charge in [-0.25, -0.2) is 0 Å². The number of nitrogens with one attached hydrogen (secondary N) is 1. The van der Waals surface area contributed by atoms with E-state index < -0.39 is 12.6 Å². The van der Waals surface area contributed by atoms with E-state index in [0.29, 0.717) is 12.6 Å². The Labute approximate surface area is 88.8 Å². The Morgan fingerprint density at radius 2 is 1.93 bits per heavy atom. The smallest absolute Gasteiger partial charge is 0.315 e. The van der Waals surface area contributed by atoms with Gasteiger partial charge < -0.3 is 5.32 Å². The fourth-order valence-electron chi connectivity index (χ4n) is 1.62. The molecule has 1 N–H and O–H groups in total.